The smallest absolute Gasteiger partial charge is 0.242 e. The number of halogens is 2. The molecule has 9 heteroatoms. The predicted octanol–water partition coefficient (Wildman–Crippen LogP) is 5.04. The maximum atomic E-state index is 14.0. The van der Waals surface area contributed by atoms with Crippen molar-refractivity contribution in [2.45, 2.75) is 45.2 Å². The highest BCUT2D eigenvalue weighted by atomic mass is 35.5. The zero-order chi connectivity index (χ0) is 27.4. The standard InChI is InChI=1S/C29H38ClFN6O/c1-6-23-18-36(28-10-9-27(34-19(28)2)29(33-5)38-21(4)32)15-16-37(23)24-11-13-35(14-12-24)20(3)22-7-8-25(30)26(31)17-22/h7-10,17,23-24H,3-4,6,11-16,18,32H2,1-2,5H3/t23-/m0/s1. The van der Waals surface area contributed by atoms with Gasteiger partial charge in [0.1, 0.15) is 11.5 Å². The summed E-state index contributed by atoms with van der Waals surface area (Å²) in [5, 5.41) is 0.137. The molecule has 0 amide bonds. The van der Waals surface area contributed by atoms with E-state index in [2.05, 4.69) is 45.8 Å². The van der Waals surface area contributed by atoms with Gasteiger partial charge >= 0.3 is 0 Å². The van der Waals surface area contributed by atoms with Gasteiger partial charge in [0.05, 0.1) is 16.4 Å². The molecule has 0 bridgehead atoms. The van der Waals surface area contributed by atoms with E-state index in [1.165, 1.54) is 6.07 Å². The van der Waals surface area contributed by atoms with Gasteiger partial charge in [-0.25, -0.2) is 9.37 Å². The Hall–Kier alpha value is -3.10. The lowest BCUT2D eigenvalue weighted by Crippen LogP contribution is -2.58. The van der Waals surface area contributed by atoms with Crippen molar-refractivity contribution < 1.29 is 9.13 Å². The Bertz CT molecular complexity index is 1210. The van der Waals surface area contributed by atoms with Crippen LogP contribution in [0.4, 0.5) is 10.1 Å². The molecule has 2 aliphatic rings. The van der Waals surface area contributed by atoms with E-state index in [1.807, 2.05) is 19.1 Å². The van der Waals surface area contributed by atoms with Crippen molar-refractivity contribution >= 4 is 28.9 Å². The van der Waals surface area contributed by atoms with E-state index in [0.29, 0.717) is 23.7 Å². The number of ether oxygens (including phenoxy) is 1. The summed E-state index contributed by atoms with van der Waals surface area (Å²) >= 11 is 5.86. The average molecular weight is 541 g/mol. The first-order valence-electron chi connectivity index (χ1n) is 13.2. The zero-order valence-electron chi connectivity index (χ0n) is 22.6. The highest BCUT2D eigenvalue weighted by Gasteiger charge is 2.34. The molecule has 0 radical (unpaired) electrons. The van der Waals surface area contributed by atoms with Gasteiger partial charge in [-0.15, -0.1) is 0 Å². The normalized spacial score (nSPS) is 19.5. The van der Waals surface area contributed by atoms with Crippen molar-refractivity contribution in [1.29, 1.82) is 0 Å². The SMILES string of the molecule is C=C(N)OC(=NC)c1ccc(N2CCN(C3CCN(C(=C)c4ccc(Cl)c(F)c4)CC3)[C@@H](CC)C2)c(C)n1. The van der Waals surface area contributed by atoms with Crippen LogP contribution in [0.3, 0.4) is 0 Å². The molecule has 0 saturated carbocycles. The Labute approximate surface area is 230 Å². The number of likely N-dealkylation sites (tertiary alicyclic amines) is 1. The van der Waals surface area contributed by atoms with Crippen LogP contribution in [0.1, 0.15) is 43.1 Å². The first kappa shape index (κ1) is 27.9. The zero-order valence-corrected chi connectivity index (χ0v) is 23.3. The Kier molecular flexibility index (Phi) is 8.95. The van der Waals surface area contributed by atoms with E-state index < -0.39 is 5.82 Å². The minimum Gasteiger partial charge on any atom is -0.422 e. The highest BCUT2D eigenvalue weighted by molar-refractivity contribution is 6.30. The summed E-state index contributed by atoms with van der Waals surface area (Å²) in [6.07, 6.45) is 3.20. The van der Waals surface area contributed by atoms with Gasteiger partial charge in [0, 0.05) is 63.1 Å². The first-order valence-corrected chi connectivity index (χ1v) is 13.6. The maximum Gasteiger partial charge on any atom is 0.242 e. The molecule has 0 aliphatic carbocycles. The minimum atomic E-state index is -0.405. The monoisotopic (exact) mass is 540 g/mol. The van der Waals surface area contributed by atoms with Crippen molar-refractivity contribution in [3.63, 3.8) is 0 Å². The quantitative estimate of drug-likeness (QED) is 0.301. The van der Waals surface area contributed by atoms with Crippen molar-refractivity contribution in [1.82, 2.24) is 14.8 Å². The third-order valence-corrected chi connectivity index (χ3v) is 7.92. The number of piperidine rings is 1. The molecule has 1 aromatic heterocycles. The molecule has 4 rings (SSSR count). The number of aromatic nitrogens is 1. The van der Waals surface area contributed by atoms with E-state index in [4.69, 9.17) is 27.1 Å². The Morgan fingerprint density at radius 1 is 1.18 bits per heavy atom. The van der Waals surface area contributed by atoms with Gasteiger partial charge in [-0.1, -0.05) is 31.2 Å². The van der Waals surface area contributed by atoms with Crippen molar-refractivity contribution in [3.05, 3.63) is 77.2 Å². The molecule has 204 valence electrons. The molecule has 2 aliphatic heterocycles. The van der Waals surface area contributed by atoms with Gasteiger partial charge in [0.25, 0.3) is 0 Å². The number of anilines is 1. The third-order valence-electron chi connectivity index (χ3n) is 7.62. The first-order chi connectivity index (χ1) is 18.2. The van der Waals surface area contributed by atoms with Crippen LogP contribution in [0.5, 0.6) is 0 Å². The fraction of sp³-hybridized carbons (Fsp3) is 0.448. The van der Waals surface area contributed by atoms with Crippen molar-refractivity contribution in [3.8, 4) is 0 Å². The summed E-state index contributed by atoms with van der Waals surface area (Å²) in [5.41, 5.74) is 9.95. The second kappa shape index (κ2) is 12.2. The molecular weight excluding hydrogens is 503 g/mol. The number of aryl methyl sites for hydroxylation is 1. The Morgan fingerprint density at radius 2 is 1.92 bits per heavy atom. The molecular formula is C29H38ClFN6O. The lowest BCUT2D eigenvalue weighted by Gasteiger charge is -2.48. The summed E-state index contributed by atoms with van der Waals surface area (Å²) in [6.45, 7) is 16.8. The van der Waals surface area contributed by atoms with Gasteiger partial charge in [-0.2, -0.15) is 0 Å². The molecule has 7 nitrogen and oxygen atoms in total. The summed E-state index contributed by atoms with van der Waals surface area (Å²) in [4.78, 5) is 16.3. The molecule has 1 atom stereocenters. The van der Waals surface area contributed by atoms with Crippen LogP contribution in [-0.2, 0) is 4.74 Å². The number of piperazine rings is 1. The largest absolute Gasteiger partial charge is 0.422 e. The second-order valence-electron chi connectivity index (χ2n) is 9.94. The number of aliphatic imine (C=N–C) groups is 1. The number of benzene rings is 1. The number of rotatable bonds is 7. The molecule has 2 N–H and O–H groups in total. The van der Waals surface area contributed by atoms with E-state index >= 15 is 0 Å². The molecule has 0 spiro atoms. The molecule has 2 aromatic rings. The number of hydrogen-bond acceptors (Lipinski definition) is 7. The topological polar surface area (TPSA) is 70.2 Å². The summed E-state index contributed by atoms with van der Waals surface area (Å²) in [5.74, 6) is 0.0429. The molecule has 2 fully saturated rings. The number of hydrogen-bond donors (Lipinski definition) is 1. The summed E-state index contributed by atoms with van der Waals surface area (Å²) in [6, 6.07) is 9.93. The number of nitrogens with zero attached hydrogens (tertiary/aromatic N) is 5. The van der Waals surface area contributed by atoms with E-state index in [0.717, 1.165) is 74.6 Å². The van der Waals surface area contributed by atoms with Gasteiger partial charge in [-0.05, 0) is 57.0 Å². The van der Waals surface area contributed by atoms with Crippen LogP contribution >= 0.6 is 11.6 Å². The van der Waals surface area contributed by atoms with Crippen LogP contribution in [-0.4, -0.2) is 72.5 Å². The van der Waals surface area contributed by atoms with Crippen LogP contribution in [0.2, 0.25) is 5.02 Å². The van der Waals surface area contributed by atoms with Crippen molar-refractivity contribution in [2.24, 2.45) is 10.7 Å². The van der Waals surface area contributed by atoms with E-state index in [9.17, 15) is 4.39 Å². The predicted molar refractivity (Wildman–Crippen MR) is 154 cm³/mol. The lowest BCUT2D eigenvalue weighted by molar-refractivity contribution is 0.0768. The van der Waals surface area contributed by atoms with Gasteiger partial charge < -0.3 is 20.3 Å². The minimum absolute atomic E-state index is 0.0880. The maximum absolute atomic E-state index is 14.0. The number of nitrogens with two attached hydrogens (primary N) is 1. The Morgan fingerprint density at radius 3 is 2.53 bits per heavy atom. The van der Waals surface area contributed by atoms with Crippen LogP contribution < -0.4 is 10.6 Å². The molecule has 1 aromatic carbocycles. The average Bonchev–Trinajstić information content (AvgIpc) is 2.92. The Balaban J connectivity index is 1.37. The molecule has 0 unspecified atom stereocenters. The van der Waals surface area contributed by atoms with Gasteiger partial charge in [0.15, 0.2) is 5.88 Å². The third kappa shape index (κ3) is 6.13. The van der Waals surface area contributed by atoms with Crippen LogP contribution in [0.15, 0.2) is 54.4 Å². The van der Waals surface area contributed by atoms with Gasteiger partial charge in [-0.3, -0.25) is 9.89 Å². The molecule has 3 heterocycles. The molecule has 2 saturated heterocycles. The fourth-order valence-corrected chi connectivity index (χ4v) is 5.72. The highest BCUT2D eigenvalue weighted by Crippen LogP contribution is 2.30. The second-order valence-corrected chi connectivity index (χ2v) is 10.3. The summed E-state index contributed by atoms with van der Waals surface area (Å²) < 4.78 is 19.4. The van der Waals surface area contributed by atoms with E-state index in [-0.39, 0.29) is 10.9 Å². The van der Waals surface area contributed by atoms with Crippen LogP contribution in [0, 0.1) is 12.7 Å². The van der Waals surface area contributed by atoms with E-state index in [1.54, 1.807) is 13.1 Å². The fourth-order valence-electron chi connectivity index (χ4n) is 5.60. The van der Waals surface area contributed by atoms with Crippen molar-refractivity contribution in [2.75, 3.05) is 44.7 Å². The van der Waals surface area contributed by atoms with Gasteiger partial charge in [0.2, 0.25) is 5.90 Å². The summed E-state index contributed by atoms with van der Waals surface area (Å²) in [7, 11) is 1.64. The number of pyridine rings is 1. The lowest BCUT2D eigenvalue weighted by atomic mass is 9.97. The molecule has 38 heavy (non-hydrogen) atoms. The van der Waals surface area contributed by atoms with Crippen LogP contribution in [0.25, 0.3) is 5.70 Å².